The molecule has 7 heteroatoms. The van der Waals surface area contributed by atoms with Crippen molar-refractivity contribution in [1.82, 2.24) is 9.88 Å². The average molecular weight is 351 g/mol. The topological polar surface area (TPSA) is 45.2 Å². The molecular weight excluding hydrogens is 332 g/mol. The first-order chi connectivity index (χ1) is 11.5. The molecule has 4 nitrogen and oxygen atoms in total. The molecule has 0 aliphatic carbocycles. The number of nitrogens with one attached hydrogen (secondary N) is 1. The van der Waals surface area contributed by atoms with Crippen LogP contribution >= 0.6 is 11.3 Å². The fraction of sp³-hybridized carbons (Fsp3) is 0.412. The van der Waals surface area contributed by atoms with Gasteiger partial charge >= 0.3 is 0 Å². The molecule has 1 aliphatic rings. The summed E-state index contributed by atoms with van der Waals surface area (Å²) in [5.41, 5.74) is 0.997. The molecule has 3 rings (SSSR count). The summed E-state index contributed by atoms with van der Waals surface area (Å²) in [7, 11) is 0. The molecule has 1 saturated heterocycles. The summed E-state index contributed by atoms with van der Waals surface area (Å²) in [6, 6.07) is 3.64. The Hall–Kier alpha value is -1.86. The van der Waals surface area contributed by atoms with Crippen molar-refractivity contribution in [3.8, 4) is 11.3 Å². The number of carbonyl (C=O) groups is 1. The SMILES string of the molecule is CC1CCN(CC(=O)Nc2nc(-c3ccc(F)c(F)c3)cs2)CC1. The Morgan fingerprint density at radius 3 is 2.79 bits per heavy atom. The van der Waals surface area contributed by atoms with Crippen LogP contribution in [0.4, 0.5) is 13.9 Å². The third kappa shape index (κ3) is 4.15. The number of halogens is 2. The quantitative estimate of drug-likeness (QED) is 0.912. The smallest absolute Gasteiger partial charge is 0.240 e. The van der Waals surface area contributed by atoms with Crippen LogP contribution in [0.25, 0.3) is 11.3 Å². The highest BCUT2D eigenvalue weighted by Gasteiger charge is 2.18. The number of nitrogens with zero attached hydrogens (tertiary/aromatic N) is 2. The number of rotatable bonds is 4. The van der Waals surface area contributed by atoms with Crippen molar-refractivity contribution < 1.29 is 13.6 Å². The molecule has 0 unspecified atom stereocenters. The van der Waals surface area contributed by atoms with Crippen molar-refractivity contribution in [1.29, 1.82) is 0 Å². The van der Waals surface area contributed by atoms with Gasteiger partial charge in [-0.3, -0.25) is 9.69 Å². The van der Waals surface area contributed by atoms with Crippen molar-refractivity contribution in [2.45, 2.75) is 19.8 Å². The van der Waals surface area contributed by atoms with Gasteiger partial charge < -0.3 is 5.32 Å². The molecular formula is C17H19F2N3OS. The third-order valence-corrected chi connectivity index (χ3v) is 4.97. The Labute approximate surface area is 143 Å². The summed E-state index contributed by atoms with van der Waals surface area (Å²) in [4.78, 5) is 18.5. The number of carbonyl (C=O) groups excluding carboxylic acids is 1. The monoisotopic (exact) mass is 351 g/mol. The lowest BCUT2D eigenvalue weighted by atomic mass is 9.99. The Bertz CT molecular complexity index is 726. The Balaban J connectivity index is 1.59. The molecule has 1 N–H and O–H groups in total. The van der Waals surface area contributed by atoms with Gasteiger partial charge in [-0.15, -0.1) is 11.3 Å². The maximum atomic E-state index is 13.3. The Kier molecular flexibility index (Phi) is 5.20. The first-order valence-corrected chi connectivity index (χ1v) is 8.82. The minimum Gasteiger partial charge on any atom is -0.301 e. The molecule has 0 saturated carbocycles. The lowest BCUT2D eigenvalue weighted by Gasteiger charge is -2.29. The van der Waals surface area contributed by atoms with Crippen molar-refractivity contribution in [3.05, 3.63) is 35.2 Å². The van der Waals surface area contributed by atoms with Gasteiger partial charge in [-0.25, -0.2) is 13.8 Å². The van der Waals surface area contributed by atoms with Gasteiger partial charge in [-0.2, -0.15) is 0 Å². The molecule has 1 amide bonds. The number of piperidine rings is 1. The predicted octanol–water partition coefficient (Wildman–Crippen LogP) is 3.76. The van der Waals surface area contributed by atoms with Gasteiger partial charge in [0.05, 0.1) is 12.2 Å². The second kappa shape index (κ2) is 7.36. The standard InChI is InChI=1S/C17H19F2N3OS/c1-11-4-6-22(7-5-11)9-16(23)21-17-20-15(10-24-17)12-2-3-13(18)14(19)8-12/h2-3,8,10-11H,4-7,9H2,1H3,(H,20,21,23). The zero-order chi connectivity index (χ0) is 17.1. The molecule has 2 heterocycles. The highest BCUT2D eigenvalue weighted by molar-refractivity contribution is 7.14. The van der Waals surface area contributed by atoms with Crippen LogP contribution < -0.4 is 5.32 Å². The van der Waals surface area contributed by atoms with E-state index in [1.807, 2.05) is 0 Å². The van der Waals surface area contributed by atoms with Crippen LogP contribution in [-0.4, -0.2) is 35.4 Å². The number of thiazole rings is 1. The van der Waals surface area contributed by atoms with Crippen molar-refractivity contribution in [2.75, 3.05) is 25.0 Å². The van der Waals surface area contributed by atoms with Crippen molar-refractivity contribution >= 4 is 22.4 Å². The van der Waals surface area contributed by atoms with Crippen LogP contribution in [0.3, 0.4) is 0 Å². The van der Waals surface area contributed by atoms with E-state index in [2.05, 4.69) is 22.1 Å². The summed E-state index contributed by atoms with van der Waals surface area (Å²) in [6.45, 7) is 4.46. The Morgan fingerprint density at radius 1 is 1.33 bits per heavy atom. The van der Waals surface area contributed by atoms with E-state index < -0.39 is 11.6 Å². The molecule has 0 spiro atoms. The third-order valence-electron chi connectivity index (χ3n) is 4.21. The summed E-state index contributed by atoms with van der Waals surface area (Å²) in [5.74, 6) is -1.18. The number of benzene rings is 1. The van der Waals surface area contributed by atoms with Crippen LogP contribution in [0.15, 0.2) is 23.6 Å². The molecule has 0 radical (unpaired) electrons. The molecule has 1 aromatic carbocycles. The first-order valence-electron chi connectivity index (χ1n) is 7.94. The second-order valence-corrected chi connectivity index (χ2v) is 7.03. The zero-order valence-electron chi connectivity index (χ0n) is 13.4. The van der Waals surface area contributed by atoms with E-state index >= 15 is 0 Å². The van der Waals surface area contributed by atoms with Gasteiger partial charge in [0.25, 0.3) is 0 Å². The summed E-state index contributed by atoms with van der Waals surface area (Å²) >= 11 is 1.27. The van der Waals surface area contributed by atoms with Crippen molar-refractivity contribution in [2.24, 2.45) is 5.92 Å². The molecule has 24 heavy (non-hydrogen) atoms. The van der Waals surface area contributed by atoms with Gasteiger partial charge in [-0.1, -0.05) is 6.92 Å². The summed E-state index contributed by atoms with van der Waals surface area (Å²) < 4.78 is 26.3. The van der Waals surface area contributed by atoms with Crippen LogP contribution in [0.2, 0.25) is 0 Å². The largest absolute Gasteiger partial charge is 0.301 e. The predicted molar refractivity (Wildman–Crippen MR) is 90.9 cm³/mol. The van der Waals surface area contributed by atoms with Gasteiger partial charge in [-0.05, 0) is 50.0 Å². The summed E-state index contributed by atoms with van der Waals surface area (Å²) in [6.07, 6.45) is 2.23. The van der Waals surface area contributed by atoms with Gasteiger partial charge in [0.2, 0.25) is 5.91 Å². The lowest BCUT2D eigenvalue weighted by Crippen LogP contribution is -2.38. The van der Waals surface area contributed by atoms with Gasteiger partial charge in [0, 0.05) is 10.9 Å². The number of likely N-dealkylation sites (tertiary alicyclic amines) is 1. The molecule has 2 aromatic rings. The highest BCUT2D eigenvalue weighted by Crippen LogP contribution is 2.26. The Morgan fingerprint density at radius 2 is 2.08 bits per heavy atom. The van der Waals surface area contributed by atoms with E-state index in [-0.39, 0.29) is 5.91 Å². The molecule has 1 fully saturated rings. The van der Waals surface area contributed by atoms with E-state index in [0.717, 1.165) is 44.0 Å². The van der Waals surface area contributed by atoms with E-state index in [4.69, 9.17) is 0 Å². The number of hydrogen-bond donors (Lipinski definition) is 1. The van der Waals surface area contributed by atoms with Gasteiger partial charge in [0.15, 0.2) is 16.8 Å². The molecule has 1 aromatic heterocycles. The molecule has 0 bridgehead atoms. The molecule has 1 aliphatic heterocycles. The van der Waals surface area contributed by atoms with Crippen LogP contribution in [0.1, 0.15) is 19.8 Å². The first kappa shape index (κ1) is 17.0. The molecule has 128 valence electrons. The minimum absolute atomic E-state index is 0.101. The maximum absolute atomic E-state index is 13.3. The second-order valence-electron chi connectivity index (χ2n) is 6.17. The lowest BCUT2D eigenvalue weighted by molar-refractivity contribution is -0.117. The fourth-order valence-electron chi connectivity index (χ4n) is 2.70. The van der Waals surface area contributed by atoms with E-state index in [1.54, 1.807) is 5.38 Å². The van der Waals surface area contributed by atoms with Gasteiger partial charge in [0.1, 0.15) is 0 Å². The number of amides is 1. The summed E-state index contributed by atoms with van der Waals surface area (Å²) in [5, 5.41) is 4.95. The normalized spacial score (nSPS) is 16.3. The number of aromatic nitrogens is 1. The fourth-order valence-corrected chi connectivity index (χ4v) is 3.44. The molecule has 0 atom stereocenters. The van der Waals surface area contributed by atoms with Crippen LogP contribution in [0.5, 0.6) is 0 Å². The van der Waals surface area contributed by atoms with Crippen molar-refractivity contribution in [3.63, 3.8) is 0 Å². The van der Waals surface area contributed by atoms with E-state index in [0.29, 0.717) is 22.9 Å². The zero-order valence-corrected chi connectivity index (χ0v) is 14.2. The number of anilines is 1. The van der Waals surface area contributed by atoms with E-state index in [1.165, 1.54) is 17.4 Å². The minimum atomic E-state index is -0.912. The van der Waals surface area contributed by atoms with E-state index in [9.17, 15) is 13.6 Å². The van der Waals surface area contributed by atoms with Crippen LogP contribution in [-0.2, 0) is 4.79 Å². The average Bonchev–Trinajstić information content (AvgIpc) is 3.00. The van der Waals surface area contributed by atoms with Crippen LogP contribution in [0, 0.1) is 17.6 Å². The number of hydrogen-bond acceptors (Lipinski definition) is 4. The highest BCUT2D eigenvalue weighted by atomic mass is 32.1. The maximum Gasteiger partial charge on any atom is 0.240 e.